The van der Waals surface area contributed by atoms with Crippen LogP contribution in [-0.2, 0) is 15.8 Å². The van der Waals surface area contributed by atoms with E-state index >= 15 is 0 Å². The van der Waals surface area contributed by atoms with Crippen LogP contribution in [0.4, 0.5) is 0 Å². The van der Waals surface area contributed by atoms with E-state index in [-0.39, 0.29) is 17.9 Å². The number of halogens is 2. The molecule has 0 bridgehead atoms. The largest absolute Gasteiger partial charge is 0.489 e. The average Bonchev–Trinajstić information content (AvgIpc) is 2.72. The highest BCUT2D eigenvalue weighted by Gasteiger charge is 2.34. The average molecular weight is 505 g/mol. The quantitative estimate of drug-likeness (QED) is 0.505. The lowest BCUT2D eigenvalue weighted by Gasteiger charge is -2.37. The number of ether oxygens (including phenoxy) is 1. The minimum Gasteiger partial charge on any atom is -0.489 e. The number of carbonyl (C=O) groups excluding carboxylic acids is 1. The first-order valence-corrected chi connectivity index (χ1v) is 12.7. The van der Waals surface area contributed by atoms with E-state index in [1.165, 1.54) is 0 Å². The molecule has 1 fully saturated rings. The Morgan fingerprint density at radius 3 is 2.44 bits per heavy atom. The number of piperidine rings is 1. The highest BCUT2D eigenvalue weighted by Crippen LogP contribution is 2.40. The van der Waals surface area contributed by atoms with Gasteiger partial charge in [0, 0.05) is 25.7 Å². The van der Waals surface area contributed by atoms with Crippen molar-refractivity contribution >= 4 is 40.1 Å². The predicted molar refractivity (Wildman–Crippen MR) is 134 cm³/mol. The van der Waals surface area contributed by atoms with Gasteiger partial charge in [-0.05, 0) is 58.7 Å². The molecule has 1 heterocycles. The van der Waals surface area contributed by atoms with Gasteiger partial charge in [0.05, 0.1) is 38.4 Å². The molecule has 6 nitrogen and oxygen atoms in total. The number of amides is 1. The van der Waals surface area contributed by atoms with Crippen molar-refractivity contribution in [1.29, 1.82) is 0 Å². The minimum absolute atomic E-state index is 0.0940. The SMILES string of the molecule is C=CCOc1cc(Cl)c(Cl)cc1C(NS(=O)C(C)(C)C)C1CCN(CC(=O)N(C)C)CC1. The van der Waals surface area contributed by atoms with Crippen molar-refractivity contribution < 1.29 is 13.7 Å². The Balaban J connectivity index is 2.32. The van der Waals surface area contributed by atoms with E-state index in [4.69, 9.17) is 27.9 Å². The summed E-state index contributed by atoms with van der Waals surface area (Å²) in [6.45, 7) is 11.8. The fourth-order valence-electron chi connectivity index (χ4n) is 3.54. The van der Waals surface area contributed by atoms with Gasteiger partial charge in [0.1, 0.15) is 12.4 Å². The fraction of sp³-hybridized carbons (Fsp3) is 0.609. The molecule has 32 heavy (non-hydrogen) atoms. The van der Waals surface area contributed by atoms with Crippen LogP contribution >= 0.6 is 23.2 Å². The number of rotatable bonds is 9. The smallest absolute Gasteiger partial charge is 0.236 e. The van der Waals surface area contributed by atoms with Gasteiger partial charge < -0.3 is 9.64 Å². The van der Waals surface area contributed by atoms with Gasteiger partial charge in [-0.15, -0.1) is 0 Å². The summed E-state index contributed by atoms with van der Waals surface area (Å²) in [5.41, 5.74) is 0.835. The normalized spacial score (nSPS) is 17.6. The van der Waals surface area contributed by atoms with E-state index in [1.54, 1.807) is 31.1 Å². The maximum atomic E-state index is 13.1. The van der Waals surface area contributed by atoms with Crippen molar-refractivity contribution in [3.63, 3.8) is 0 Å². The Kier molecular flexibility index (Phi) is 10.0. The van der Waals surface area contributed by atoms with Crippen LogP contribution in [0.5, 0.6) is 5.75 Å². The third-order valence-electron chi connectivity index (χ3n) is 5.50. The third-order valence-corrected chi connectivity index (χ3v) is 7.80. The second-order valence-corrected chi connectivity index (χ2v) is 12.1. The summed E-state index contributed by atoms with van der Waals surface area (Å²) >= 11 is 12.6. The van der Waals surface area contributed by atoms with Gasteiger partial charge in [-0.25, -0.2) is 8.93 Å². The summed E-state index contributed by atoms with van der Waals surface area (Å²) in [4.78, 5) is 15.9. The third kappa shape index (κ3) is 7.45. The molecule has 1 aromatic carbocycles. The van der Waals surface area contributed by atoms with E-state index in [1.807, 2.05) is 26.8 Å². The summed E-state index contributed by atoms with van der Waals surface area (Å²) in [5, 5.41) is 0.831. The predicted octanol–water partition coefficient (Wildman–Crippen LogP) is 4.45. The van der Waals surface area contributed by atoms with Gasteiger partial charge in [0.25, 0.3) is 0 Å². The van der Waals surface area contributed by atoms with Gasteiger partial charge in [0.2, 0.25) is 5.91 Å². The lowest BCUT2D eigenvalue weighted by atomic mass is 9.85. The van der Waals surface area contributed by atoms with Crippen LogP contribution in [0, 0.1) is 5.92 Å². The molecule has 1 saturated heterocycles. The topological polar surface area (TPSA) is 61.9 Å². The number of benzene rings is 1. The molecule has 0 radical (unpaired) electrons. The number of hydrogen-bond acceptors (Lipinski definition) is 4. The number of likely N-dealkylation sites (N-methyl/N-ethyl adjacent to an activating group) is 1. The molecule has 2 atom stereocenters. The van der Waals surface area contributed by atoms with Crippen LogP contribution in [-0.4, -0.2) is 65.0 Å². The van der Waals surface area contributed by atoms with E-state index in [0.717, 1.165) is 31.5 Å². The zero-order valence-electron chi connectivity index (χ0n) is 19.6. The van der Waals surface area contributed by atoms with Gasteiger partial charge in [0.15, 0.2) is 0 Å². The number of carbonyl (C=O) groups is 1. The molecule has 1 aliphatic heterocycles. The van der Waals surface area contributed by atoms with E-state index in [0.29, 0.717) is 28.9 Å². The standard InChI is InChI=1S/C23H35Cl2N3O3S/c1-7-12-31-20-14-19(25)18(24)13-17(20)22(26-32(30)23(2,3)4)16-8-10-28(11-9-16)15-21(29)27(5)6/h7,13-14,16,22,26H,1,8-12,15H2,2-6H3. The Morgan fingerprint density at radius 1 is 1.31 bits per heavy atom. The van der Waals surface area contributed by atoms with Crippen LogP contribution in [0.2, 0.25) is 10.0 Å². The van der Waals surface area contributed by atoms with E-state index < -0.39 is 15.7 Å². The van der Waals surface area contributed by atoms with E-state index in [2.05, 4.69) is 16.2 Å². The maximum Gasteiger partial charge on any atom is 0.236 e. The molecule has 2 unspecified atom stereocenters. The van der Waals surface area contributed by atoms with Crippen LogP contribution in [0.15, 0.2) is 24.8 Å². The minimum atomic E-state index is -1.30. The van der Waals surface area contributed by atoms with Crippen molar-refractivity contribution in [1.82, 2.24) is 14.5 Å². The molecule has 9 heteroatoms. The van der Waals surface area contributed by atoms with Crippen molar-refractivity contribution in [2.75, 3.05) is 40.3 Å². The number of hydrogen-bond donors (Lipinski definition) is 1. The van der Waals surface area contributed by atoms with Crippen LogP contribution in [0.25, 0.3) is 0 Å². The van der Waals surface area contributed by atoms with Crippen molar-refractivity contribution in [2.45, 2.75) is 44.4 Å². The van der Waals surface area contributed by atoms with E-state index in [9.17, 15) is 9.00 Å². The second-order valence-electron chi connectivity index (χ2n) is 9.28. The van der Waals surface area contributed by atoms with Crippen LogP contribution in [0.3, 0.4) is 0 Å². The lowest BCUT2D eigenvalue weighted by molar-refractivity contribution is -0.130. The Morgan fingerprint density at radius 2 is 1.91 bits per heavy atom. The molecule has 0 spiro atoms. The summed E-state index contributed by atoms with van der Waals surface area (Å²) in [6, 6.07) is 3.28. The van der Waals surface area contributed by atoms with Crippen LogP contribution < -0.4 is 9.46 Å². The summed E-state index contributed by atoms with van der Waals surface area (Å²) in [5.74, 6) is 0.889. The van der Waals surface area contributed by atoms with Crippen molar-refractivity contribution in [3.05, 3.63) is 40.4 Å². The maximum absolute atomic E-state index is 13.1. The molecule has 1 aromatic rings. The molecule has 0 aliphatic carbocycles. The van der Waals surface area contributed by atoms with Gasteiger partial charge in [-0.3, -0.25) is 9.69 Å². The highest BCUT2D eigenvalue weighted by molar-refractivity contribution is 7.84. The Bertz CT molecular complexity index is 835. The van der Waals surface area contributed by atoms with Crippen molar-refractivity contribution in [3.8, 4) is 5.75 Å². The van der Waals surface area contributed by atoms with Crippen LogP contribution in [0.1, 0.15) is 45.2 Å². The second kappa shape index (κ2) is 11.8. The summed E-state index contributed by atoms with van der Waals surface area (Å²) in [7, 11) is 2.24. The zero-order valence-corrected chi connectivity index (χ0v) is 21.9. The number of nitrogens with one attached hydrogen (secondary N) is 1. The van der Waals surface area contributed by atoms with Gasteiger partial charge in [-0.1, -0.05) is 35.9 Å². The summed E-state index contributed by atoms with van der Waals surface area (Å²) in [6.07, 6.45) is 3.37. The summed E-state index contributed by atoms with van der Waals surface area (Å²) < 4.78 is 21.9. The van der Waals surface area contributed by atoms with Crippen molar-refractivity contribution in [2.24, 2.45) is 5.92 Å². The first-order valence-electron chi connectivity index (χ1n) is 10.8. The van der Waals surface area contributed by atoms with Gasteiger partial charge >= 0.3 is 0 Å². The molecule has 0 aromatic heterocycles. The molecule has 1 aliphatic rings. The fourth-order valence-corrected chi connectivity index (χ4v) is 4.77. The molecule has 1 N–H and O–H groups in total. The zero-order chi connectivity index (χ0) is 24.1. The highest BCUT2D eigenvalue weighted by atomic mass is 35.5. The van der Waals surface area contributed by atoms with Gasteiger partial charge in [-0.2, -0.15) is 0 Å². The Hall–Kier alpha value is -1.12. The Labute approximate surface area is 204 Å². The first kappa shape index (κ1) is 27.1. The molecular formula is C23H35Cl2N3O3S. The molecule has 180 valence electrons. The molecule has 2 rings (SSSR count). The molecule has 0 saturated carbocycles. The lowest BCUT2D eigenvalue weighted by Crippen LogP contribution is -2.45. The number of likely N-dealkylation sites (tertiary alicyclic amines) is 1. The molecule has 1 amide bonds. The molecular weight excluding hydrogens is 469 g/mol. The monoisotopic (exact) mass is 503 g/mol. The number of nitrogens with zero attached hydrogens (tertiary/aromatic N) is 2. The first-order chi connectivity index (χ1) is 14.9.